The summed E-state index contributed by atoms with van der Waals surface area (Å²) in [5.74, 6) is 1.72. The SMILES string of the molecule is CCN(CC)C(N)=NCC1(C2CC2)CC1. The second kappa shape index (κ2) is 4.03. The minimum Gasteiger partial charge on any atom is -0.370 e. The molecule has 0 bridgehead atoms. The summed E-state index contributed by atoms with van der Waals surface area (Å²) >= 11 is 0. The lowest BCUT2D eigenvalue weighted by Crippen LogP contribution is -2.37. The van der Waals surface area contributed by atoms with Crippen molar-refractivity contribution in [1.29, 1.82) is 0 Å². The molecule has 2 rings (SSSR count). The van der Waals surface area contributed by atoms with Crippen molar-refractivity contribution < 1.29 is 0 Å². The summed E-state index contributed by atoms with van der Waals surface area (Å²) in [4.78, 5) is 6.71. The Morgan fingerprint density at radius 2 is 1.93 bits per heavy atom. The first kappa shape index (κ1) is 10.8. The van der Waals surface area contributed by atoms with Gasteiger partial charge in [-0.25, -0.2) is 0 Å². The van der Waals surface area contributed by atoms with E-state index in [4.69, 9.17) is 5.73 Å². The van der Waals surface area contributed by atoms with Crippen molar-refractivity contribution in [3.8, 4) is 0 Å². The summed E-state index contributed by atoms with van der Waals surface area (Å²) in [6.07, 6.45) is 5.63. The molecule has 0 saturated heterocycles. The lowest BCUT2D eigenvalue weighted by molar-refractivity contribution is 0.432. The van der Waals surface area contributed by atoms with Crippen LogP contribution in [0.15, 0.2) is 4.99 Å². The molecule has 15 heavy (non-hydrogen) atoms. The molecule has 0 radical (unpaired) electrons. The van der Waals surface area contributed by atoms with Crippen molar-refractivity contribution in [3.63, 3.8) is 0 Å². The highest BCUT2D eigenvalue weighted by atomic mass is 15.2. The van der Waals surface area contributed by atoms with Gasteiger partial charge in [0.15, 0.2) is 5.96 Å². The molecular formula is C12H23N3. The number of rotatable bonds is 5. The highest BCUT2D eigenvalue weighted by Gasteiger charge is 2.53. The second-order valence-electron chi connectivity index (χ2n) is 4.98. The topological polar surface area (TPSA) is 41.6 Å². The van der Waals surface area contributed by atoms with Crippen LogP contribution >= 0.6 is 0 Å². The van der Waals surface area contributed by atoms with Gasteiger partial charge >= 0.3 is 0 Å². The van der Waals surface area contributed by atoms with Gasteiger partial charge in [-0.2, -0.15) is 0 Å². The fourth-order valence-corrected chi connectivity index (χ4v) is 2.44. The fourth-order valence-electron chi connectivity index (χ4n) is 2.44. The van der Waals surface area contributed by atoms with E-state index in [2.05, 4.69) is 23.7 Å². The van der Waals surface area contributed by atoms with Crippen LogP contribution in [0.2, 0.25) is 0 Å². The van der Waals surface area contributed by atoms with Gasteiger partial charge in [0.2, 0.25) is 0 Å². The van der Waals surface area contributed by atoms with E-state index in [1.54, 1.807) is 0 Å². The molecule has 0 aliphatic heterocycles. The Bertz CT molecular complexity index is 248. The standard InChI is InChI=1S/C12H23N3/c1-3-15(4-2)11(13)14-9-12(7-8-12)10-5-6-10/h10H,3-9H2,1-2H3,(H2,13,14). The predicted molar refractivity (Wildman–Crippen MR) is 63.8 cm³/mol. The van der Waals surface area contributed by atoms with Crippen LogP contribution in [0, 0.1) is 11.3 Å². The van der Waals surface area contributed by atoms with Gasteiger partial charge in [0.1, 0.15) is 0 Å². The first-order chi connectivity index (χ1) is 7.22. The molecule has 2 fully saturated rings. The van der Waals surface area contributed by atoms with Crippen molar-refractivity contribution in [2.24, 2.45) is 22.1 Å². The van der Waals surface area contributed by atoms with Gasteiger partial charge in [0, 0.05) is 19.6 Å². The Morgan fingerprint density at radius 3 is 2.33 bits per heavy atom. The molecule has 0 unspecified atom stereocenters. The van der Waals surface area contributed by atoms with E-state index in [0.717, 1.165) is 31.5 Å². The molecule has 3 heteroatoms. The predicted octanol–water partition coefficient (Wildman–Crippen LogP) is 1.83. The van der Waals surface area contributed by atoms with E-state index in [9.17, 15) is 0 Å². The molecule has 0 aromatic carbocycles. The van der Waals surface area contributed by atoms with Gasteiger partial charge in [-0.05, 0) is 50.9 Å². The molecule has 0 aromatic heterocycles. The quantitative estimate of drug-likeness (QED) is 0.554. The van der Waals surface area contributed by atoms with Crippen LogP contribution in [0.4, 0.5) is 0 Å². The molecule has 0 amide bonds. The van der Waals surface area contributed by atoms with E-state index in [1.165, 1.54) is 25.7 Å². The molecule has 2 aliphatic rings. The van der Waals surface area contributed by atoms with Crippen LogP contribution < -0.4 is 5.73 Å². The summed E-state index contributed by atoms with van der Waals surface area (Å²) in [6.45, 7) is 7.14. The fraction of sp³-hybridized carbons (Fsp3) is 0.917. The first-order valence-electron chi connectivity index (χ1n) is 6.26. The first-order valence-corrected chi connectivity index (χ1v) is 6.26. The molecule has 0 heterocycles. The average Bonchev–Trinajstić information content (AvgIpc) is 3.08. The molecule has 0 atom stereocenters. The minimum atomic E-state index is 0.581. The van der Waals surface area contributed by atoms with E-state index in [-0.39, 0.29) is 0 Å². The van der Waals surface area contributed by atoms with E-state index < -0.39 is 0 Å². The van der Waals surface area contributed by atoms with Gasteiger partial charge < -0.3 is 10.6 Å². The van der Waals surface area contributed by atoms with Crippen LogP contribution in [0.1, 0.15) is 39.5 Å². The third-order valence-corrected chi connectivity index (χ3v) is 3.98. The smallest absolute Gasteiger partial charge is 0.191 e. The summed E-state index contributed by atoms with van der Waals surface area (Å²) in [7, 11) is 0. The minimum absolute atomic E-state index is 0.581. The summed E-state index contributed by atoms with van der Waals surface area (Å²) < 4.78 is 0. The van der Waals surface area contributed by atoms with E-state index >= 15 is 0 Å². The van der Waals surface area contributed by atoms with Gasteiger partial charge in [-0.3, -0.25) is 4.99 Å². The summed E-state index contributed by atoms with van der Waals surface area (Å²) in [5, 5.41) is 0. The van der Waals surface area contributed by atoms with E-state index in [0.29, 0.717) is 5.41 Å². The molecule has 2 N–H and O–H groups in total. The summed E-state index contributed by atoms with van der Waals surface area (Å²) in [5.41, 5.74) is 6.55. The molecule has 3 nitrogen and oxygen atoms in total. The largest absolute Gasteiger partial charge is 0.370 e. The van der Waals surface area contributed by atoms with Crippen LogP contribution in [-0.2, 0) is 0 Å². The van der Waals surface area contributed by atoms with Crippen molar-refractivity contribution in [3.05, 3.63) is 0 Å². The maximum Gasteiger partial charge on any atom is 0.191 e. The molecule has 86 valence electrons. The Kier molecular flexibility index (Phi) is 2.89. The van der Waals surface area contributed by atoms with Crippen molar-refractivity contribution in [2.75, 3.05) is 19.6 Å². The average molecular weight is 209 g/mol. The molecule has 2 saturated carbocycles. The maximum atomic E-state index is 5.97. The third-order valence-electron chi connectivity index (χ3n) is 3.98. The molecular weight excluding hydrogens is 186 g/mol. The Balaban J connectivity index is 1.87. The third kappa shape index (κ3) is 2.27. The Morgan fingerprint density at radius 1 is 1.33 bits per heavy atom. The zero-order valence-corrected chi connectivity index (χ0v) is 10.00. The van der Waals surface area contributed by atoms with Crippen LogP contribution in [0.5, 0.6) is 0 Å². The highest BCUT2D eigenvalue weighted by molar-refractivity contribution is 5.78. The van der Waals surface area contributed by atoms with Crippen molar-refractivity contribution in [1.82, 2.24) is 4.90 Å². The van der Waals surface area contributed by atoms with E-state index in [1.807, 2.05) is 0 Å². The normalized spacial score (nSPS) is 24.0. The lowest BCUT2D eigenvalue weighted by atomic mass is 10.0. The zero-order valence-electron chi connectivity index (χ0n) is 10.00. The molecule has 0 aromatic rings. The summed E-state index contributed by atoms with van der Waals surface area (Å²) in [6, 6.07) is 0. The maximum absolute atomic E-state index is 5.97. The number of guanidine groups is 1. The van der Waals surface area contributed by atoms with Crippen LogP contribution in [0.3, 0.4) is 0 Å². The molecule has 0 spiro atoms. The Hall–Kier alpha value is -0.730. The van der Waals surface area contributed by atoms with Gasteiger partial charge in [0.25, 0.3) is 0 Å². The Labute approximate surface area is 92.7 Å². The van der Waals surface area contributed by atoms with Crippen LogP contribution in [-0.4, -0.2) is 30.5 Å². The van der Waals surface area contributed by atoms with Gasteiger partial charge in [0.05, 0.1) is 0 Å². The monoisotopic (exact) mass is 209 g/mol. The zero-order chi connectivity index (χ0) is 10.9. The second-order valence-corrected chi connectivity index (χ2v) is 4.98. The number of hydrogen-bond acceptors (Lipinski definition) is 1. The molecule has 2 aliphatic carbocycles. The van der Waals surface area contributed by atoms with Crippen molar-refractivity contribution >= 4 is 5.96 Å². The lowest BCUT2D eigenvalue weighted by Gasteiger charge is -2.20. The van der Waals surface area contributed by atoms with Gasteiger partial charge in [-0.1, -0.05) is 0 Å². The number of nitrogens with two attached hydrogens (primary N) is 1. The van der Waals surface area contributed by atoms with Crippen molar-refractivity contribution in [2.45, 2.75) is 39.5 Å². The van der Waals surface area contributed by atoms with Crippen LogP contribution in [0.25, 0.3) is 0 Å². The number of aliphatic imine (C=N–C) groups is 1. The number of nitrogens with zero attached hydrogens (tertiary/aromatic N) is 2. The highest BCUT2D eigenvalue weighted by Crippen LogP contribution is 2.61. The van der Waals surface area contributed by atoms with Gasteiger partial charge in [-0.15, -0.1) is 0 Å². The number of hydrogen-bond donors (Lipinski definition) is 1.